The van der Waals surface area contributed by atoms with Gasteiger partial charge in [0.2, 0.25) is 0 Å². The number of hydrogen-bond donors (Lipinski definition) is 1. The van der Waals surface area contributed by atoms with Crippen LogP contribution in [0.25, 0.3) is 0 Å². The molecule has 160 valence electrons. The van der Waals surface area contributed by atoms with Gasteiger partial charge in [-0.15, -0.1) is 0 Å². The van der Waals surface area contributed by atoms with Gasteiger partial charge in [-0.25, -0.2) is 13.8 Å². The largest absolute Gasteiger partial charge is 0.271 e. The Hall–Kier alpha value is -3.16. The Balaban J connectivity index is 1.86. The predicted molar refractivity (Wildman–Crippen MR) is 124 cm³/mol. The highest BCUT2D eigenvalue weighted by Crippen LogP contribution is 2.26. The number of aryl methyl sites for hydroxylation is 2. The number of nitrogens with zero attached hydrogens (tertiary/aromatic N) is 2. The third-order valence-corrected chi connectivity index (χ3v) is 6.54. The molecule has 0 aromatic heterocycles. The van der Waals surface area contributed by atoms with E-state index in [2.05, 4.69) is 10.5 Å². The lowest BCUT2D eigenvalue weighted by atomic mass is 10.2. The number of para-hydroxylation sites is 1. The van der Waals surface area contributed by atoms with E-state index in [1.165, 1.54) is 18.3 Å². The summed E-state index contributed by atoms with van der Waals surface area (Å²) in [6.07, 6.45) is 1.44. The first-order valence-corrected chi connectivity index (χ1v) is 11.3. The van der Waals surface area contributed by atoms with Crippen LogP contribution in [-0.4, -0.2) is 27.1 Å². The molecule has 1 amide bonds. The Bertz CT molecular complexity index is 1210. The summed E-state index contributed by atoms with van der Waals surface area (Å²) in [6, 6.07) is 20.5. The quantitative estimate of drug-likeness (QED) is 0.426. The second kappa shape index (κ2) is 9.76. The predicted octanol–water partition coefficient (Wildman–Crippen LogP) is 4.30. The van der Waals surface area contributed by atoms with Crippen LogP contribution in [-0.2, 0) is 14.8 Å². The smallest absolute Gasteiger partial charge is 0.264 e. The molecular formula is C23H22ClN3O3S. The Morgan fingerprint density at radius 3 is 2.42 bits per heavy atom. The highest BCUT2D eigenvalue weighted by atomic mass is 35.5. The van der Waals surface area contributed by atoms with Crippen molar-refractivity contribution >= 4 is 39.4 Å². The van der Waals surface area contributed by atoms with Crippen molar-refractivity contribution in [2.75, 3.05) is 10.8 Å². The van der Waals surface area contributed by atoms with E-state index in [9.17, 15) is 13.2 Å². The van der Waals surface area contributed by atoms with Crippen molar-refractivity contribution < 1.29 is 13.2 Å². The van der Waals surface area contributed by atoms with Crippen molar-refractivity contribution in [2.45, 2.75) is 18.7 Å². The number of hydrazone groups is 1. The van der Waals surface area contributed by atoms with Crippen LogP contribution in [0.15, 0.2) is 82.8 Å². The van der Waals surface area contributed by atoms with Crippen LogP contribution in [0.3, 0.4) is 0 Å². The molecule has 0 aliphatic heterocycles. The second-order valence-electron chi connectivity index (χ2n) is 6.96. The molecule has 31 heavy (non-hydrogen) atoms. The lowest BCUT2D eigenvalue weighted by Crippen LogP contribution is -2.40. The molecule has 0 atom stereocenters. The number of carbonyl (C=O) groups excluding carboxylic acids is 1. The molecule has 0 radical (unpaired) electrons. The molecule has 8 heteroatoms. The summed E-state index contributed by atoms with van der Waals surface area (Å²) in [5, 5.41) is 4.46. The molecule has 0 bridgehead atoms. The summed E-state index contributed by atoms with van der Waals surface area (Å²) in [7, 11) is -3.97. The van der Waals surface area contributed by atoms with Crippen molar-refractivity contribution in [3.05, 3.63) is 94.5 Å². The zero-order valence-corrected chi connectivity index (χ0v) is 18.7. The van der Waals surface area contributed by atoms with E-state index < -0.39 is 22.5 Å². The summed E-state index contributed by atoms with van der Waals surface area (Å²) in [6.45, 7) is 3.25. The van der Waals surface area contributed by atoms with Crippen LogP contribution < -0.4 is 9.73 Å². The maximum absolute atomic E-state index is 13.4. The molecule has 1 N–H and O–H groups in total. The minimum atomic E-state index is -3.97. The molecule has 0 aliphatic rings. The summed E-state index contributed by atoms with van der Waals surface area (Å²) in [4.78, 5) is 12.7. The van der Waals surface area contributed by atoms with Gasteiger partial charge in [0.25, 0.3) is 15.9 Å². The van der Waals surface area contributed by atoms with Crippen molar-refractivity contribution in [1.82, 2.24) is 5.43 Å². The van der Waals surface area contributed by atoms with Crippen molar-refractivity contribution in [1.29, 1.82) is 0 Å². The maximum atomic E-state index is 13.4. The standard InChI is InChI=1S/C23H22ClN3O3S/c1-17-10-12-21(13-11-17)31(29,30)27(22-9-4-3-6-18(22)2)16-23(28)26-25-15-19-7-5-8-20(24)14-19/h3-15H,16H2,1-2H3,(H,26,28)/b25-15+. The number of rotatable bonds is 7. The molecule has 0 spiro atoms. The van der Waals surface area contributed by atoms with Crippen molar-refractivity contribution in [3.63, 3.8) is 0 Å². The fourth-order valence-corrected chi connectivity index (χ4v) is 4.60. The van der Waals surface area contributed by atoms with Gasteiger partial charge in [0, 0.05) is 5.02 Å². The van der Waals surface area contributed by atoms with Crippen LogP contribution in [0.1, 0.15) is 16.7 Å². The molecule has 3 rings (SSSR count). The van der Waals surface area contributed by atoms with Gasteiger partial charge in [-0.2, -0.15) is 5.10 Å². The topological polar surface area (TPSA) is 78.8 Å². The van der Waals surface area contributed by atoms with Gasteiger partial charge in [-0.05, 0) is 55.3 Å². The van der Waals surface area contributed by atoms with E-state index in [1.807, 2.05) is 13.0 Å². The first-order chi connectivity index (χ1) is 14.8. The third kappa shape index (κ3) is 5.71. The fourth-order valence-electron chi connectivity index (χ4n) is 2.91. The first kappa shape index (κ1) is 22.5. The molecule has 3 aromatic rings. The lowest BCUT2D eigenvalue weighted by molar-refractivity contribution is -0.119. The number of anilines is 1. The average molecular weight is 456 g/mol. The van der Waals surface area contributed by atoms with Gasteiger partial charge >= 0.3 is 0 Å². The Kier molecular flexibility index (Phi) is 7.09. The second-order valence-corrected chi connectivity index (χ2v) is 9.26. The molecule has 3 aromatic carbocycles. The van der Waals surface area contributed by atoms with Gasteiger partial charge in [0.05, 0.1) is 16.8 Å². The van der Waals surface area contributed by atoms with Gasteiger partial charge in [-0.3, -0.25) is 9.10 Å². The van der Waals surface area contributed by atoms with E-state index in [4.69, 9.17) is 11.6 Å². The first-order valence-electron chi connectivity index (χ1n) is 9.50. The molecular weight excluding hydrogens is 434 g/mol. The molecule has 6 nitrogen and oxygen atoms in total. The Morgan fingerprint density at radius 1 is 1.03 bits per heavy atom. The van der Waals surface area contributed by atoms with Gasteiger partial charge in [0.15, 0.2) is 0 Å². The highest BCUT2D eigenvalue weighted by Gasteiger charge is 2.28. The average Bonchev–Trinajstić information content (AvgIpc) is 2.73. The zero-order valence-electron chi connectivity index (χ0n) is 17.1. The monoisotopic (exact) mass is 455 g/mol. The summed E-state index contributed by atoms with van der Waals surface area (Å²) < 4.78 is 27.8. The van der Waals surface area contributed by atoms with Crippen LogP contribution in [0.4, 0.5) is 5.69 Å². The minimum absolute atomic E-state index is 0.108. The SMILES string of the molecule is Cc1ccc(S(=O)(=O)N(CC(=O)N/N=C/c2cccc(Cl)c2)c2ccccc2C)cc1. The Morgan fingerprint density at radius 2 is 1.74 bits per heavy atom. The third-order valence-electron chi connectivity index (χ3n) is 4.53. The number of carbonyl (C=O) groups is 1. The van der Waals surface area contributed by atoms with Crippen LogP contribution in [0, 0.1) is 13.8 Å². The molecule has 0 aliphatic carbocycles. The minimum Gasteiger partial charge on any atom is -0.271 e. The van der Waals surface area contributed by atoms with Gasteiger partial charge in [0.1, 0.15) is 6.54 Å². The number of benzene rings is 3. The van der Waals surface area contributed by atoms with Crippen LogP contribution in [0.5, 0.6) is 0 Å². The number of halogens is 1. The van der Waals surface area contributed by atoms with Crippen molar-refractivity contribution in [3.8, 4) is 0 Å². The van der Waals surface area contributed by atoms with E-state index in [0.717, 1.165) is 15.4 Å². The van der Waals surface area contributed by atoms with Crippen molar-refractivity contribution in [2.24, 2.45) is 5.10 Å². The number of nitrogens with one attached hydrogen (secondary N) is 1. The normalized spacial score (nSPS) is 11.5. The number of amides is 1. The van der Waals surface area contributed by atoms with Gasteiger partial charge in [-0.1, -0.05) is 59.6 Å². The molecule has 0 saturated carbocycles. The zero-order chi connectivity index (χ0) is 22.4. The summed E-state index contributed by atoms with van der Waals surface area (Å²) in [5.74, 6) is -0.572. The number of sulfonamides is 1. The Labute approximate surface area is 187 Å². The number of hydrogen-bond acceptors (Lipinski definition) is 4. The highest BCUT2D eigenvalue weighted by molar-refractivity contribution is 7.92. The van der Waals surface area contributed by atoms with E-state index in [0.29, 0.717) is 16.3 Å². The maximum Gasteiger partial charge on any atom is 0.264 e. The fraction of sp³-hybridized carbons (Fsp3) is 0.130. The van der Waals surface area contributed by atoms with Crippen LogP contribution in [0.2, 0.25) is 5.02 Å². The summed E-state index contributed by atoms with van der Waals surface area (Å²) in [5.41, 5.74) is 5.19. The molecule has 0 fully saturated rings. The molecule has 0 heterocycles. The lowest BCUT2D eigenvalue weighted by Gasteiger charge is -2.25. The van der Waals surface area contributed by atoms with Gasteiger partial charge < -0.3 is 0 Å². The molecule has 0 saturated heterocycles. The molecule has 0 unspecified atom stereocenters. The van der Waals surface area contributed by atoms with E-state index >= 15 is 0 Å². The van der Waals surface area contributed by atoms with Crippen LogP contribution >= 0.6 is 11.6 Å². The van der Waals surface area contributed by atoms with E-state index in [1.54, 1.807) is 61.5 Å². The summed E-state index contributed by atoms with van der Waals surface area (Å²) >= 11 is 5.93. The van der Waals surface area contributed by atoms with E-state index in [-0.39, 0.29) is 4.90 Å².